The summed E-state index contributed by atoms with van der Waals surface area (Å²) in [6, 6.07) is 65.5. The highest BCUT2D eigenvalue weighted by Crippen LogP contribution is 2.42. The number of furan rings is 1. The van der Waals surface area contributed by atoms with Crippen LogP contribution in [0.15, 0.2) is 186 Å². The maximum atomic E-state index is 6.68. The fraction of sp³-hybridized carbons (Fsp3) is 0.0400. The summed E-state index contributed by atoms with van der Waals surface area (Å²) in [5.41, 5.74) is 13.4. The fourth-order valence-electron chi connectivity index (χ4n) is 8.21. The fourth-order valence-corrected chi connectivity index (χ4v) is 8.21. The molecule has 11 aromatic rings. The van der Waals surface area contributed by atoms with Crippen molar-refractivity contribution < 1.29 is 4.42 Å². The van der Waals surface area contributed by atoms with Crippen LogP contribution in [0, 0.1) is 0 Å². The molecule has 252 valence electrons. The predicted octanol–water partition coefficient (Wildman–Crippen LogP) is 14.1. The molecule has 0 aliphatic rings. The van der Waals surface area contributed by atoms with Gasteiger partial charge in [-0.05, 0) is 89.0 Å². The van der Waals surface area contributed by atoms with Crippen LogP contribution in [0.4, 0.5) is 0 Å². The van der Waals surface area contributed by atoms with Gasteiger partial charge in [-0.25, -0.2) is 0 Å². The number of rotatable bonds is 4. The van der Waals surface area contributed by atoms with E-state index in [1.807, 2.05) is 19.9 Å². The van der Waals surface area contributed by atoms with Crippen LogP contribution in [-0.4, -0.2) is 9.13 Å². The van der Waals surface area contributed by atoms with Crippen molar-refractivity contribution in [3.63, 3.8) is 0 Å². The van der Waals surface area contributed by atoms with Crippen molar-refractivity contribution in [3.8, 4) is 33.6 Å². The van der Waals surface area contributed by atoms with E-state index in [1.54, 1.807) is 0 Å². The molecule has 3 aromatic heterocycles. The van der Waals surface area contributed by atoms with E-state index >= 15 is 0 Å². The summed E-state index contributed by atoms with van der Waals surface area (Å²) in [4.78, 5) is 0. The van der Waals surface area contributed by atoms with Crippen LogP contribution in [0.3, 0.4) is 0 Å². The minimum Gasteiger partial charge on any atom is -0.454 e. The van der Waals surface area contributed by atoms with Crippen molar-refractivity contribution in [3.05, 3.63) is 182 Å². The van der Waals surface area contributed by atoms with E-state index in [0.717, 1.165) is 49.8 Å². The number of hydrogen-bond acceptors (Lipinski definition) is 1. The minimum atomic E-state index is 0.892. The van der Waals surface area contributed by atoms with Crippen LogP contribution < -0.4 is 0 Å². The van der Waals surface area contributed by atoms with Gasteiger partial charge >= 0.3 is 0 Å². The lowest BCUT2D eigenvalue weighted by Crippen LogP contribution is -1.95. The summed E-state index contributed by atoms with van der Waals surface area (Å²) in [5.74, 6) is 0. The van der Waals surface area contributed by atoms with Crippen LogP contribution in [-0.2, 0) is 0 Å². The zero-order chi connectivity index (χ0) is 35.5. The quantitative estimate of drug-likeness (QED) is 0.181. The lowest BCUT2D eigenvalue weighted by atomic mass is 9.96. The van der Waals surface area contributed by atoms with Gasteiger partial charge in [-0.3, -0.25) is 0 Å². The first-order valence-electron chi connectivity index (χ1n) is 18.4. The number of para-hydroxylation sites is 5. The Kier molecular flexibility index (Phi) is 7.26. The molecule has 0 aliphatic carbocycles. The molecule has 0 N–H and O–H groups in total. The molecule has 3 heterocycles. The molecule has 8 aromatic carbocycles. The zero-order valence-corrected chi connectivity index (χ0v) is 29.6. The molecule has 3 nitrogen and oxygen atoms in total. The molecule has 53 heavy (non-hydrogen) atoms. The van der Waals surface area contributed by atoms with Crippen molar-refractivity contribution in [2.24, 2.45) is 0 Å². The molecule has 3 heteroatoms. The smallest absolute Gasteiger partial charge is 0.159 e. The molecule has 0 saturated carbocycles. The Morgan fingerprint density at radius 1 is 0.340 bits per heavy atom. The zero-order valence-electron chi connectivity index (χ0n) is 29.6. The monoisotopic (exact) mass is 680 g/mol. The van der Waals surface area contributed by atoms with E-state index in [-0.39, 0.29) is 0 Å². The van der Waals surface area contributed by atoms with Crippen LogP contribution in [0.1, 0.15) is 13.8 Å². The van der Waals surface area contributed by atoms with Gasteiger partial charge < -0.3 is 13.6 Å². The third kappa shape index (κ3) is 4.82. The lowest BCUT2D eigenvalue weighted by Gasteiger charge is -2.13. The standard InChI is InChI=1S/C48H30N2O.C2H6/c1-2-15-35(16-3-1)49-42-21-8-6-19-38(42)40-28-33(25-26-45(40)49)31-13-12-14-32(27-31)34-29-41-39-20-7-11-24-47(39)51-48(41)46(30-34)50-43-22-9-4-17-36(43)37-18-5-10-23-44(37)50;1-2/h1-30H;1-2H3. The van der Waals surface area contributed by atoms with Gasteiger partial charge in [-0.1, -0.05) is 129 Å². The van der Waals surface area contributed by atoms with Crippen molar-refractivity contribution >= 4 is 65.6 Å². The minimum absolute atomic E-state index is 0.892. The first-order valence-corrected chi connectivity index (χ1v) is 18.4. The molecule has 0 aliphatic heterocycles. The lowest BCUT2D eigenvalue weighted by molar-refractivity contribution is 0.666. The van der Waals surface area contributed by atoms with Crippen LogP contribution in [0.2, 0.25) is 0 Å². The molecule has 11 rings (SSSR count). The number of nitrogens with zero attached hydrogens (tertiary/aromatic N) is 2. The Morgan fingerprint density at radius 2 is 0.849 bits per heavy atom. The number of fused-ring (bicyclic) bond motifs is 9. The molecule has 0 unspecified atom stereocenters. The van der Waals surface area contributed by atoms with Crippen molar-refractivity contribution in [2.75, 3.05) is 0 Å². The largest absolute Gasteiger partial charge is 0.454 e. The second-order valence-corrected chi connectivity index (χ2v) is 13.3. The van der Waals surface area contributed by atoms with E-state index < -0.39 is 0 Å². The molecule has 0 spiro atoms. The van der Waals surface area contributed by atoms with Crippen molar-refractivity contribution in [1.82, 2.24) is 9.13 Å². The highest BCUT2D eigenvalue weighted by atomic mass is 16.3. The Morgan fingerprint density at radius 3 is 1.55 bits per heavy atom. The summed E-state index contributed by atoms with van der Waals surface area (Å²) in [7, 11) is 0. The number of aromatic nitrogens is 2. The maximum absolute atomic E-state index is 6.68. The Labute approximate surface area is 307 Å². The normalized spacial score (nSPS) is 11.6. The van der Waals surface area contributed by atoms with E-state index in [0.29, 0.717) is 0 Å². The average molecular weight is 681 g/mol. The average Bonchev–Trinajstić information content (AvgIpc) is 3.89. The predicted molar refractivity (Wildman–Crippen MR) is 225 cm³/mol. The molecule has 0 atom stereocenters. The van der Waals surface area contributed by atoms with Gasteiger partial charge in [-0.15, -0.1) is 0 Å². The summed E-state index contributed by atoms with van der Waals surface area (Å²) in [6.45, 7) is 4.00. The van der Waals surface area contributed by atoms with Crippen LogP contribution >= 0.6 is 0 Å². The summed E-state index contributed by atoms with van der Waals surface area (Å²) >= 11 is 0. The summed E-state index contributed by atoms with van der Waals surface area (Å²) < 4.78 is 11.4. The Balaban J connectivity index is 0.00000172. The van der Waals surface area contributed by atoms with Gasteiger partial charge in [0, 0.05) is 38.0 Å². The third-order valence-corrected chi connectivity index (χ3v) is 10.5. The van der Waals surface area contributed by atoms with Crippen LogP contribution in [0.5, 0.6) is 0 Å². The highest BCUT2D eigenvalue weighted by molar-refractivity contribution is 6.14. The Hall–Kier alpha value is -6.84. The molecular formula is C50H36N2O. The topological polar surface area (TPSA) is 23.0 Å². The van der Waals surface area contributed by atoms with Crippen LogP contribution in [0.25, 0.3) is 99.2 Å². The summed E-state index contributed by atoms with van der Waals surface area (Å²) in [6.07, 6.45) is 0. The van der Waals surface area contributed by atoms with E-state index in [4.69, 9.17) is 4.42 Å². The Bertz CT molecular complexity index is 3090. The first kappa shape index (κ1) is 30.9. The highest BCUT2D eigenvalue weighted by Gasteiger charge is 2.20. The SMILES string of the molecule is CC.c1ccc(-n2c3ccccc3c3cc(-c4cccc(-c5cc(-n6c7ccccc7c7ccccc76)c6oc7ccccc7c6c5)c4)ccc32)cc1. The molecule has 0 amide bonds. The molecular weight excluding hydrogens is 645 g/mol. The van der Waals surface area contributed by atoms with Gasteiger partial charge in [0.2, 0.25) is 0 Å². The van der Waals surface area contributed by atoms with Gasteiger partial charge in [0.05, 0.1) is 27.8 Å². The second-order valence-electron chi connectivity index (χ2n) is 13.3. The second kappa shape index (κ2) is 12.4. The number of hydrogen-bond donors (Lipinski definition) is 0. The maximum Gasteiger partial charge on any atom is 0.159 e. The van der Waals surface area contributed by atoms with Crippen molar-refractivity contribution in [2.45, 2.75) is 13.8 Å². The molecule has 0 radical (unpaired) electrons. The van der Waals surface area contributed by atoms with Gasteiger partial charge in [0.25, 0.3) is 0 Å². The van der Waals surface area contributed by atoms with Gasteiger partial charge in [0.15, 0.2) is 5.58 Å². The first-order chi connectivity index (χ1) is 26.3. The van der Waals surface area contributed by atoms with Gasteiger partial charge in [0.1, 0.15) is 5.58 Å². The molecule has 0 saturated heterocycles. The van der Waals surface area contributed by atoms with E-state index in [1.165, 1.54) is 49.4 Å². The van der Waals surface area contributed by atoms with Crippen molar-refractivity contribution in [1.29, 1.82) is 0 Å². The van der Waals surface area contributed by atoms with E-state index in [2.05, 4.69) is 185 Å². The van der Waals surface area contributed by atoms with Gasteiger partial charge in [-0.2, -0.15) is 0 Å². The number of benzene rings is 8. The third-order valence-electron chi connectivity index (χ3n) is 10.5. The summed E-state index contributed by atoms with van der Waals surface area (Å²) in [5, 5.41) is 7.19. The van der Waals surface area contributed by atoms with E-state index in [9.17, 15) is 0 Å². The molecule has 0 bridgehead atoms. The molecule has 0 fully saturated rings.